The van der Waals surface area contributed by atoms with Crippen molar-refractivity contribution in [3.05, 3.63) is 60.0 Å². The van der Waals surface area contributed by atoms with Gasteiger partial charge in [0.2, 0.25) is 0 Å². The molecule has 4 nitrogen and oxygen atoms in total. The third-order valence-electron chi connectivity index (χ3n) is 4.54. The highest BCUT2D eigenvalue weighted by atomic mass is 19.1. The van der Waals surface area contributed by atoms with Crippen LogP contribution in [-0.2, 0) is 4.79 Å². The number of anilines is 3. The molecular formula is C21H24FN3O. The van der Waals surface area contributed by atoms with Gasteiger partial charge in [-0.15, -0.1) is 0 Å². The SMILES string of the molecule is CCCCN(CC)c1ccc(N/C=C2/C(=O)Nc3ccc(F)cc32)cc1. The van der Waals surface area contributed by atoms with Gasteiger partial charge in [-0.05, 0) is 55.8 Å². The first-order chi connectivity index (χ1) is 12.6. The van der Waals surface area contributed by atoms with Gasteiger partial charge in [0.1, 0.15) is 5.82 Å². The number of unbranched alkanes of at least 4 members (excludes halogenated alkanes) is 1. The van der Waals surface area contributed by atoms with Crippen molar-refractivity contribution >= 4 is 28.5 Å². The fraction of sp³-hybridized carbons (Fsp3) is 0.286. The number of benzene rings is 2. The fourth-order valence-corrected chi connectivity index (χ4v) is 3.05. The Bertz CT molecular complexity index is 815. The Labute approximate surface area is 153 Å². The highest BCUT2D eigenvalue weighted by Crippen LogP contribution is 2.32. The van der Waals surface area contributed by atoms with Gasteiger partial charge in [0, 0.05) is 41.9 Å². The maximum Gasteiger partial charge on any atom is 0.257 e. The van der Waals surface area contributed by atoms with Crippen LogP contribution in [0.15, 0.2) is 48.7 Å². The molecule has 0 bridgehead atoms. The van der Waals surface area contributed by atoms with E-state index in [-0.39, 0.29) is 11.7 Å². The summed E-state index contributed by atoms with van der Waals surface area (Å²) in [5, 5.41) is 5.88. The van der Waals surface area contributed by atoms with Crippen LogP contribution in [0, 0.1) is 5.82 Å². The van der Waals surface area contributed by atoms with Crippen LogP contribution in [0.25, 0.3) is 5.57 Å². The zero-order valence-corrected chi connectivity index (χ0v) is 15.2. The lowest BCUT2D eigenvalue weighted by Crippen LogP contribution is -2.23. The molecule has 0 aliphatic carbocycles. The minimum atomic E-state index is -0.359. The Kier molecular flexibility index (Phi) is 5.56. The quantitative estimate of drug-likeness (QED) is 0.699. The molecule has 0 saturated carbocycles. The van der Waals surface area contributed by atoms with Crippen molar-refractivity contribution in [1.29, 1.82) is 0 Å². The molecule has 0 unspecified atom stereocenters. The van der Waals surface area contributed by atoms with E-state index in [1.54, 1.807) is 12.3 Å². The second-order valence-corrected chi connectivity index (χ2v) is 6.33. The van der Waals surface area contributed by atoms with Gasteiger partial charge in [-0.2, -0.15) is 0 Å². The Morgan fingerprint density at radius 2 is 1.92 bits per heavy atom. The number of fused-ring (bicyclic) bond motifs is 1. The van der Waals surface area contributed by atoms with E-state index in [1.807, 2.05) is 12.1 Å². The molecule has 0 spiro atoms. The molecule has 2 aromatic rings. The third-order valence-corrected chi connectivity index (χ3v) is 4.54. The zero-order chi connectivity index (χ0) is 18.5. The van der Waals surface area contributed by atoms with Gasteiger partial charge in [0.05, 0.1) is 5.57 Å². The number of amides is 1. The Morgan fingerprint density at radius 3 is 2.62 bits per heavy atom. The number of nitrogens with one attached hydrogen (secondary N) is 2. The molecule has 0 atom stereocenters. The van der Waals surface area contributed by atoms with Crippen molar-refractivity contribution in [2.75, 3.05) is 28.6 Å². The van der Waals surface area contributed by atoms with Crippen LogP contribution in [0.4, 0.5) is 21.5 Å². The topological polar surface area (TPSA) is 44.4 Å². The summed E-state index contributed by atoms with van der Waals surface area (Å²) in [6.07, 6.45) is 3.98. The molecule has 1 amide bonds. The minimum Gasteiger partial charge on any atom is -0.372 e. The zero-order valence-electron chi connectivity index (χ0n) is 15.2. The Balaban J connectivity index is 1.73. The van der Waals surface area contributed by atoms with Crippen molar-refractivity contribution in [2.24, 2.45) is 0 Å². The molecule has 136 valence electrons. The summed E-state index contributed by atoms with van der Waals surface area (Å²) in [6.45, 7) is 6.37. The predicted molar refractivity (Wildman–Crippen MR) is 106 cm³/mol. The van der Waals surface area contributed by atoms with Gasteiger partial charge >= 0.3 is 0 Å². The van der Waals surface area contributed by atoms with Crippen LogP contribution < -0.4 is 15.5 Å². The molecule has 0 radical (unpaired) electrons. The van der Waals surface area contributed by atoms with Crippen molar-refractivity contribution in [2.45, 2.75) is 26.7 Å². The van der Waals surface area contributed by atoms with Gasteiger partial charge in [0.25, 0.3) is 5.91 Å². The molecule has 1 aliphatic rings. The Hall–Kier alpha value is -2.82. The molecule has 0 fully saturated rings. The van der Waals surface area contributed by atoms with E-state index in [9.17, 15) is 9.18 Å². The molecule has 2 aromatic carbocycles. The molecule has 1 aliphatic heterocycles. The number of carbonyl (C=O) groups is 1. The van der Waals surface area contributed by atoms with Gasteiger partial charge in [-0.1, -0.05) is 13.3 Å². The molecule has 26 heavy (non-hydrogen) atoms. The van der Waals surface area contributed by atoms with Crippen molar-refractivity contribution < 1.29 is 9.18 Å². The average molecular weight is 353 g/mol. The van der Waals surface area contributed by atoms with Crippen molar-refractivity contribution in [1.82, 2.24) is 0 Å². The largest absolute Gasteiger partial charge is 0.372 e. The maximum atomic E-state index is 13.5. The van der Waals surface area contributed by atoms with E-state index in [0.29, 0.717) is 16.8 Å². The lowest BCUT2D eigenvalue weighted by atomic mass is 10.1. The maximum absolute atomic E-state index is 13.5. The van der Waals surface area contributed by atoms with E-state index < -0.39 is 0 Å². The summed E-state index contributed by atoms with van der Waals surface area (Å²) in [5.41, 5.74) is 3.71. The second kappa shape index (κ2) is 8.04. The fourth-order valence-electron chi connectivity index (χ4n) is 3.05. The number of carbonyl (C=O) groups excluding carboxylic acids is 1. The van der Waals surface area contributed by atoms with Crippen LogP contribution in [-0.4, -0.2) is 19.0 Å². The first-order valence-corrected chi connectivity index (χ1v) is 9.05. The molecule has 2 N–H and O–H groups in total. The summed E-state index contributed by atoms with van der Waals surface area (Å²) in [5.74, 6) is -0.589. The van der Waals surface area contributed by atoms with Gasteiger partial charge in [0.15, 0.2) is 0 Å². The van der Waals surface area contributed by atoms with Crippen LogP contribution in [0.5, 0.6) is 0 Å². The third kappa shape index (κ3) is 3.87. The number of hydrogen-bond acceptors (Lipinski definition) is 3. The smallest absolute Gasteiger partial charge is 0.257 e. The second-order valence-electron chi connectivity index (χ2n) is 6.33. The molecule has 0 saturated heterocycles. The van der Waals surface area contributed by atoms with Crippen LogP contribution in [0.1, 0.15) is 32.3 Å². The molecule has 3 rings (SSSR count). The number of nitrogens with zero attached hydrogens (tertiary/aromatic N) is 1. The Morgan fingerprint density at radius 1 is 1.15 bits per heavy atom. The average Bonchev–Trinajstić information content (AvgIpc) is 2.96. The highest BCUT2D eigenvalue weighted by Gasteiger charge is 2.24. The standard InChI is InChI=1S/C21H24FN3O/c1-3-5-12-25(4-2)17-9-7-16(8-10-17)23-14-19-18-13-15(22)6-11-20(18)24-21(19)26/h6-11,13-14,23H,3-5,12H2,1-2H3,(H,24,26)/b19-14+. The number of halogens is 1. The summed E-state index contributed by atoms with van der Waals surface area (Å²) in [6, 6.07) is 12.4. The van der Waals surface area contributed by atoms with E-state index in [4.69, 9.17) is 0 Å². The normalized spacial score (nSPS) is 14.3. The lowest BCUT2D eigenvalue weighted by Gasteiger charge is -2.23. The van der Waals surface area contributed by atoms with E-state index in [0.717, 1.165) is 18.8 Å². The summed E-state index contributed by atoms with van der Waals surface area (Å²) < 4.78 is 13.5. The van der Waals surface area contributed by atoms with E-state index in [1.165, 1.54) is 30.7 Å². The van der Waals surface area contributed by atoms with Crippen LogP contribution in [0.3, 0.4) is 0 Å². The van der Waals surface area contributed by atoms with Crippen LogP contribution >= 0.6 is 0 Å². The van der Waals surface area contributed by atoms with Crippen molar-refractivity contribution in [3.63, 3.8) is 0 Å². The molecule has 5 heteroatoms. The summed E-state index contributed by atoms with van der Waals surface area (Å²) in [7, 11) is 0. The highest BCUT2D eigenvalue weighted by molar-refractivity contribution is 6.31. The summed E-state index contributed by atoms with van der Waals surface area (Å²) >= 11 is 0. The molecule has 0 aromatic heterocycles. The van der Waals surface area contributed by atoms with Crippen LogP contribution in [0.2, 0.25) is 0 Å². The van der Waals surface area contributed by atoms with E-state index in [2.05, 4.69) is 41.5 Å². The number of hydrogen-bond donors (Lipinski definition) is 2. The van der Waals surface area contributed by atoms with E-state index >= 15 is 0 Å². The lowest BCUT2D eigenvalue weighted by molar-refractivity contribution is -0.110. The van der Waals surface area contributed by atoms with Gasteiger partial charge < -0.3 is 15.5 Å². The van der Waals surface area contributed by atoms with Gasteiger partial charge in [-0.25, -0.2) is 4.39 Å². The molecular weight excluding hydrogens is 329 g/mol. The van der Waals surface area contributed by atoms with Crippen molar-refractivity contribution in [3.8, 4) is 0 Å². The minimum absolute atomic E-state index is 0.230. The molecule has 1 heterocycles. The first kappa shape index (κ1) is 18.0. The monoisotopic (exact) mass is 353 g/mol. The predicted octanol–water partition coefficient (Wildman–Crippen LogP) is 4.86. The first-order valence-electron chi connectivity index (χ1n) is 9.05. The van der Waals surface area contributed by atoms with Gasteiger partial charge in [-0.3, -0.25) is 4.79 Å². The summed E-state index contributed by atoms with van der Waals surface area (Å²) in [4.78, 5) is 14.4. The number of rotatable bonds is 7.